The molecular formula is C20H25NO3. The Kier molecular flexibility index (Phi) is 2.72. The second-order valence-corrected chi connectivity index (χ2v) is 9.24. The lowest BCUT2D eigenvalue weighted by atomic mass is 9.46. The van der Waals surface area contributed by atoms with E-state index in [1.54, 1.807) is 6.08 Å². The number of fused-ring (bicyclic) bond motifs is 3. The lowest BCUT2D eigenvalue weighted by Gasteiger charge is -2.55. The van der Waals surface area contributed by atoms with Crippen molar-refractivity contribution >= 4 is 5.78 Å². The van der Waals surface area contributed by atoms with Gasteiger partial charge in [0, 0.05) is 5.41 Å². The number of aliphatic hydroxyl groups is 1. The van der Waals surface area contributed by atoms with Crippen molar-refractivity contribution < 1.29 is 14.6 Å². The molecule has 0 radical (unpaired) electrons. The van der Waals surface area contributed by atoms with E-state index >= 15 is 0 Å². The van der Waals surface area contributed by atoms with Gasteiger partial charge in [0.2, 0.25) is 0 Å². The summed E-state index contributed by atoms with van der Waals surface area (Å²) in [5, 5.41) is 20.0. The van der Waals surface area contributed by atoms with Crippen LogP contribution in [0.2, 0.25) is 0 Å². The van der Waals surface area contributed by atoms with Crippen molar-refractivity contribution in [3.63, 3.8) is 0 Å². The SMILES string of the molecule is C[C@]12CC(C#N)C(=O)C=C1CC[C@H]1[C@@H]3CCC(O)[C@@]3(C)CC3O[C@@]312. The molecule has 8 atom stereocenters. The normalized spacial score (nSPS) is 57.8. The minimum atomic E-state index is -0.529. The maximum Gasteiger partial charge on any atom is 0.172 e. The minimum Gasteiger partial charge on any atom is -0.393 e. The largest absolute Gasteiger partial charge is 0.393 e. The molecule has 3 unspecified atom stereocenters. The zero-order valence-corrected chi connectivity index (χ0v) is 14.4. The van der Waals surface area contributed by atoms with Gasteiger partial charge in [-0.2, -0.15) is 5.26 Å². The van der Waals surface area contributed by atoms with Gasteiger partial charge in [0.1, 0.15) is 11.5 Å². The van der Waals surface area contributed by atoms with Crippen molar-refractivity contribution in [2.75, 3.05) is 0 Å². The maximum atomic E-state index is 12.2. The third-order valence-corrected chi connectivity index (χ3v) is 8.50. The Morgan fingerprint density at radius 2 is 2.04 bits per heavy atom. The number of rotatable bonds is 0. The molecule has 0 aromatic rings. The summed E-state index contributed by atoms with van der Waals surface area (Å²) in [6.07, 6.45) is 7.22. The van der Waals surface area contributed by atoms with Crippen LogP contribution in [0.15, 0.2) is 11.6 Å². The van der Waals surface area contributed by atoms with E-state index in [0.29, 0.717) is 18.3 Å². The van der Waals surface area contributed by atoms with Gasteiger partial charge in [-0.3, -0.25) is 4.79 Å². The van der Waals surface area contributed by atoms with Gasteiger partial charge in [0.25, 0.3) is 0 Å². The van der Waals surface area contributed by atoms with Gasteiger partial charge in [-0.15, -0.1) is 0 Å². The van der Waals surface area contributed by atoms with E-state index in [1.165, 1.54) is 5.57 Å². The Bertz CT molecular complexity index is 708. The number of carbonyl (C=O) groups is 1. The molecule has 3 saturated carbocycles. The highest BCUT2D eigenvalue weighted by Crippen LogP contribution is 2.75. The molecule has 4 nitrogen and oxygen atoms in total. The van der Waals surface area contributed by atoms with E-state index in [-0.39, 0.29) is 34.4 Å². The van der Waals surface area contributed by atoms with E-state index in [9.17, 15) is 15.2 Å². The van der Waals surface area contributed by atoms with Crippen LogP contribution in [0.5, 0.6) is 0 Å². The smallest absolute Gasteiger partial charge is 0.172 e. The molecule has 128 valence electrons. The molecule has 4 aliphatic carbocycles. The molecular weight excluding hydrogens is 302 g/mol. The standard InChI is InChI=1S/C20H25NO3/c1-18-9-17-20(24-17)14(13(18)5-6-16(18)23)4-3-12-7-15(22)11(10-21)8-19(12,20)2/h7,11,13-14,16-17,23H,3-6,8-9H2,1-2H3/t11?,13-,14-,16?,17?,18-,19-,20+/m0/s1. The topological polar surface area (TPSA) is 73.6 Å². The van der Waals surface area contributed by atoms with Crippen molar-refractivity contribution in [1.29, 1.82) is 5.26 Å². The number of epoxide rings is 1. The summed E-state index contributed by atoms with van der Waals surface area (Å²) in [4.78, 5) is 12.2. The van der Waals surface area contributed by atoms with Crippen LogP contribution < -0.4 is 0 Å². The molecule has 5 rings (SSSR count). The molecule has 0 amide bonds. The van der Waals surface area contributed by atoms with E-state index in [0.717, 1.165) is 32.1 Å². The molecule has 0 aromatic heterocycles. The molecule has 1 spiro atoms. The predicted octanol–water partition coefficient (Wildman–Crippen LogP) is 2.76. The van der Waals surface area contributed by atoms with Crippen molar-refractivity contribution in [2.45, 2.75) is 70.2 Å². The van der Waals surface area contributed by atoms with Crippen molar-refractivity contribution in [3.8, 4) is 6.07 Å². The van der Waals surface area contributed by atoms with Gasteiger partial charge < -0.3 is 9.84 Å². The minimum absolute atomic E-state index is 0.0195. The van der Waals surface area contributed by atoms with Crippen LogP contribution in [0.3, 0.4) is 0 Å². The first-order valence-corrected chi connectivity index (χ1v) is 9.37. The van der Waals surface area contributed by atoms with E-state index in [1.807, 2.05) is 0 Å². The lowest BCUT2D eigenvalue weighted by Crippen LogP contribution is -2.58. The lowest BCUT2D eigenvalue weighted by molar-refractivity contribution is -0.120. The summed E-state index contributed by atoms with van der Waals surface area (Å²) in [6, 6.07) is 2.21. The quantitative estimate of drug-likeness (QED) is 0.694. The average molecular weight is 327 g/mol. The van der Waals surface area contributed by atoms with Crippen LogP contribution in [0.1, 0.15) is 52.4 Å². The molecule has 5 aliphatic rings. The number of hydrogen-bond donors (Lipinski definition) is 1. The van der Waals surface area contributed by atoms with Gasteiger partial charge in [-0.1, -0.05) is 19.4 Å². The summed E-state index contributed by atoms with van der Waals surface area (Å²) in [5.41, 5.74) is 0.802. The van der Waals surface area contributed by atoms with E-state index in [4.69, 9.17) is 4.74 Å². The zero-order chi connectivity index (χ0) is 16.9. The Hall–Kier alpha value is -1.18. The highest BCUT2D eigenvalue weighted by atomic mass is 16.6. The first kappa shape index (κ1) is 15.1. The van der Waals surface area contributed by atoms with E-state index < -0.39 is 5.92 Å². The second-order valence-electron chi connectivity index (χ2n) is 9.24. The molecule has 1 N–H and O–H groups in total. The fraction of sp³-hybridized carbons (Fsp3) is 0.800. The molecule has 4 heteroatoms. The van der Waals surface area contributed by atoms with Crippen molar-refractivity contribution in [1.82, 2.24) is 0 Å². The summed E-state index contributed by atoms with van der Waals surface area (Å²) in [7, 11) is 0. The number of hydrogen-bond acceptors (Lipinski definition) is 4. The average Bonchev–Trinajstić information content (AvgIpc) is 3.19. The van der Waals surface area contributed by atoms with Gasteiger partial charge in [0.15, 0.2) is 5.78 Å². The highest BCUT2D eigenvalue weighted by Gasteiger charge is 2.79. The number of ketones is 1. The predicted molar refractivity (Wildman–Crippen MR) is 86.7 cm³/mol. The van der Waals surface area contributed by atoms with Crippen LogP contribution in [-0.2, 0) is 9.53 Å². The summed E-state index contributed by atoms with van der Waals surface area (Å²) < 4.78 is 6.45. The Labute approximate surface area is 142 Å². The van der Waals surface area contributed by atoms with Gasteiger partial charge in [0.05, 0.1) is 18.3 Å². The number of ether oxygens (including phenoxy) is 1. The molecule has 1 heterocycles. The number of nitrogens with zero attached hydrogens (tertiary/aromatic N) is 1. The van der Waals surface area contributed by atoms with Crippen molar-refractivity contribution in [2.24, 2.45) is 28.6 Å². The van der Waals surface area contributed by atoms with Gasteiger partial charge in [-0.25, -0.2) is 0 Å². The third-order valence-electron chi connectivity index (χ3n) is 8.50. The fourth-order valence-electron chi connectivity index (χ4n) is 7.17. The summed E-state index contributed by atoms with van der Waals surface area (Å²) >= 11 is 0. The summed E-state index contributed by atoms with van der Waals surface area (Å²) in [5.74, 6) is 0.407. The Morgan fingerprint density at radius 1 is 1.25 bits per heavy atom. The van der Waals surface area contributed by atoms with Crippen LogP contribution in [0.25, 0.3) is 0 Å². The fourth-order valence-corrected chi connectivity index (χ4v) is 7.17. The van der Waals surface area contributed by atoms with Crippen LogP contribution in [0, 0.1) is 39.9 Å². The van der Waals surface area contributed by atoms with E-state index in [2.05, 4.69) is 19.9 Å². The van der Waals surface area contributed by atoms with Crippen LogP contribution in [0.4, 0.5) is 0 Å². The molecule has 4 fully saturated rings. The zero-order valence-electron chi connectivity index (χ0n) is 14.4. The number of aliphatic hydroxyl groups excluding tert-OH is 1. The second kappa shape index (κ2) is 4.31. The third kappa shape index (κ3) is 1.46. The molecule has 1 saturated heterocycles. The molecule has 1 aliphatic heterocycles. The summed E-state index contributed by atoms with van der Waals surface area (Å²) in [6.45, 7) is 4.48. The molecule has 0 aromatic carbocycles. The monoisotopic (exact) mass is 327 g/mol. The van der Waals surface area contributed by atoms with Crippen LogP contribution >= 0.6 is 0 Å². The highest BCUT2D eigenvalue weighted by molar-refractivity contribution is 5.95. The van der Waals surface area contributed by atoms with Crippen molar-refractivity contribution in [3.05, 3.63) is 11.6 Å². The number of nitriles is 1. The Balaban J connectivity index is 1.60. The maximum absolute atomic E-state index is 12.2. The van der Waals surface area contributed by atoms with Crippen LogP contribution in [-0.4, -0.2) is 28.7 Å². The molecule has 0 bridgehead atoms. The van der Waals surface area contributed by atoms with Gasteiger partial charge >= 0.3 is 0 Å². The first-order chi connectivity index (χ1) is 11.4. The first-order valence-electron chi connectivity index (χ1n) is 9.37. The Morgan fingerprint density at radius 3 is 2.79 bits per heavy atom. The number of carbonyl (C=O) groups excluding carboxylic acids is 1. The molecule has 24 heavy (non-hydrogen) atoms. The van der Waals surface area contributed by atoms with Gasteiger partial charge in [-0.05, 0) is 61.9 Å².